The average molecular weight is 615 g/mol. The SMILES string of the molecule is Nc1ccc2c(c1P)CCCC(c1ccc(OC(F)P)cc1P)=C2C1=CC=C(O[C@H]2CCN(CCCF)C2)CC=C1. The molecule has 0 radical (unpaired) electrons. The Hall–Kier alpha value is -2.09. The lowest BCUT2D eigenvalue weighted by Crippen LogP contribution is -2.24. The van der Waals surface area contributed by atoms with E-state index in [1.54, 1.807) is 0 Å². The Balaban J connectivity index is 1.53. The normalized spacial score (nSPS) is 20.2. The Morgan fingerprint density at radius 3 is 2.71 bits per heavy atom. The van der Waals surface area contributed by atoms with Gasteiger partial charge in [0.1, 0.15) is 17.6 Å². The number of rotatable bonds is 9. The van der Waals surface area contributed by atoms with Crippen molar-refractivity contribution >= 4 is 55.2 Å². The monoisotopic (exact) mass is 614 g/mol. The number of halogens is 2. The van der Waals surface area contributed by atoms with E-state index in [-0.39, 0.29) is 12.8 Å². The van der Waals surface area contributed by atoms with Crippen molar-refractivity contribution in [1.29, 1.82) is 0 Å². The van der Waals surface area contributed by atoms with Gasteiger partial charge in [-0.2, -0.15) is 4.39 Å². The van der Waals surface area contributed by atoms with Crippen LogP contribution in [-0.4, -0.2) is 43.4 Å². The first-order valence-corrected chi connectivity index (χ1v) is 16.1. The molecule has 41 heavy (non-hydrogen) atoms. The summed E-state index contributed by atoms with van der Waals surface area (Å²) in [4.78, 5) is 2.29. The van der Waals surface area contributed by atoms with Crippen LogP contribution >= 0.6 is 27.7 Å². The van der Waals surface area contributed by atoms with Gasteiger partial charge in [-0.05, 0) is 100 Å². The number of hydrogen-bond acceptors (Lipinski definition) is 4. The smallest absolute Gasteiger partial charge is 0.249 e. The van der Waals surface area contributed by atoms with Crippen LogP contribution in [0.2, 0.25) is 0 Å². The van der Waals surface area contributed by atoms with Gasteiger partial charge in [0.05, 0.1) is 6.67 Å². The number of nitrogen functional groups attached to an aromatic ring is 1. The first kappa shape index (κ1) is 30.4. The Labute approximate surface area is 249 Å². The summed E-state index contributed by atoms with van der Waals surface area (Å²) in [6.07, 6.45) is 12.4. The molecule has 2 aromatic carbocycles. The average Bonchev–Trinajstić information content (AvgIpc) is 3.13. The molecule has 1 fully saturated rings. The van der Waals surface area contributed by atoms with Crippen LogP contribution < -0.4 is 21.1 Å². The molecular weight excluding hydrogens is 575 g/mol. The van der Waals surface area contributed by atoms with Gasteiger partial charge in [0.15, 0.2) is 0 Å². The largest absolute Gasteiger partial charge is 0.493 e. The third kappa shape index (κ3) is 7.29. The molecule has 3 aliphatic rings. The number of alkyl halides is 2. The number of nitrogens with two attached hydrogens (primary N) is 1. The predicted molar refractivity (Wildman–Crippen MR) is 177 cm³/mol. The van der Waals surface area contributed by atoms with E-state index < -0.39 is 6.10 Å². The summed E-state index contributed by atoms with van der Waals surface area (Å²) >= 11 is 0. The van der Waals surface area contributed by atoms with Gasteiger partial charge in [-0.3, -0.25) is 9.29 Å². The van der Waals surface area contributed by atoms with Crippen LogP contribution in [0.4, 0.5) is 14.5 Å². The molecule has 4 nitrogen and oxygen atoms in total. The molecule has 0 aromatic heterocycles. The fraction of sp³-hybridized carbons (Fsp3) is 0.375. The summed E-state index contributed by atoms with van der Waals surface area (Å²) in [6, 6.07) is 9.87. The predicted octanol–water partition coefficient (Wildman–Crippen LogP) is 6.24. The van der Waals surface area contributed by atoms with Crippen molar-refractivity contribution in [2.45, 2.75) is 50.7 Å². The second-order valence-corrected chi connectivity index (χ2v) is 12.5. The lowest BCUT2D eigenvalue weighted by atomic mass is 9.87. The minimum absolute atomic E-state index is 0.131. The van der Waals surface area contributed by atoms with Gasteiger partial charge in [0.25, 0.3) is 0 Å². The standard InChI is InChI=1S/C32H39F2N2O2P3/c33-15-3-16-36-17-14-23(19-36)37-21-5-1-4-20(8-9-21)30-25(24-11-10-22(18-29(24)39)38-32(34)41)6-2-7-27-26(30)12-13-28(35)31(27)40/h1,4,8-13,18,23,32H,2-3,5-7,14-17,19,35,39-41H2/t23-,32?/m0/s1. The second-order valence-electron chi connectivity index (χ2n) is 10.8. The second kappa shape index (κ2) is 13.9. The molecule has 4 unspecified atom stereocenters. The maximum Gasteiger partial charge on any atom is 0.249 e. The molecule has 0 saturated carbocycles. The fourth-order valence-corrected chi connectivity index (χ4v) is 6.98. The topological polar surface area (TPSA) is 47.7 Å². The van der Waals surface area contributed by atoms with Crippen molar-refractivity contribution in [2.24, 2.45) is 0 Å². The van der Waals surface area contributed by atoms with Crippen LogP contribution in [0, 0.1) is 0 Å². The molecule has 2 aliphatic carbocycles. The minimum atomic E-state index is -1.46. The van der Waals surface area contributed by atoms with Gasteiger partial charge < -0.3 is 15.2 Å². The molecule has 1 aliphatic heterocycles. The summed E-state index contributed by atoms with van der Waals surface area (Å²) in [5.74, 6) is 1.44. The van der Waals surface area contributed by atoms with Crippen LogP contribution in [0.5, 0.6) is 5.75 Å². The summed E-state index contributed by atoms with van der Waals surface area (Å²) in [6.45, 7) is 2.31. The highest BCUT2D eigenvalue weighted by atomic mass is 31.0. The molecule has 5 atom stereocenters. The molecule has 0 amide bonds. The van der Waals surface area contributed by atoms with E-state index >= 15 is 0 Å². The molecule has 0 spiro atoms. The van der Waals surface area contributed by atoms with Crippen LogP contribution in [-0.2, 0) is 11.2 Å². The molecule has 2 aromatic rings. The molecule has 1 heterocycles. The molecule has 218 valence electrons. The molecular formula is C32H39F2N2O2P3. The van der Waals surface area contributed by atoms with Crippen LogP contribution in [0.3, 0.4) is 0 Å². The van der Waals surface area contributed by atoms with Gasteiger partial charge in [0.2, 0.25) is 6.10 Å². The molecule has 5 rings (SSSR count). The van der Waals surface area contributed by atoms with Crippen molar-refractivity contribution in [3.05, 3.63) is 82.7 Å². The van der Waals surface area contributed by atoms with Gasteiger partial charge in [-0.25, -0.2) is 0 Å². The molecule has 1 saturated heterocycles. The van der Waals surface area contributed by atoms with E-state index in [1.165, 1.54) is 22.3 Å². The van der Waals surface area contributed by atoms with Gasteiger partial charge >= 0.3 is 0 Å². The molecule has 9 heteroatoms. The van der Waals surface area contributed by atoms with Crippen molar-refractivity contribution in [3.8, 4) is 5.75 Å². The van der Waals surface area contributed by atoms with Crippen molar-refractivity contribution in [2.75, 3.05) is 32.0 Å². The summed E-state index contributed by atoms with van der Waals surface area (Å²) in [5, 5.41) is 2.02. The number of hydrogen-bond donors (Lipinski definition) is 1. The zero-order chi connectivity index (χ0) is 28.9. The highest BCUT2D eigenvalue weighted by Crippen LogP contribution is 2.42. The minimum Gasteiger partial charge on any atom is -0.493 e. The maximum absolute atomic E-state index is 13.5. The first-order chi connectivity index (χ1) is 19.8. The van der Waals surface area contributed by atoms with Crippen molar-refractivity contribution in [1.82, 2.24) is 4.90 Å². The number of allylic oxidation sites excluding steroid dienone is 7. The van der Waals surface area contributed by atoms with E-state index in [9.17, 15) is 8.78 Å². The van der Waals surface area contributed by atoms with Gasteiger partial charge in [0, 0.05) is 31.7 Å². The zero-order valence-electron chi connectivity index (χ0n) is 23.3. The van der Waals surface area contributed by atoms with E-state index in [0.717, 1.165) is 78.5 Å². The maximum atomic E-state index is 13.5. The third-order valence-corrected chi connectivity index (χ3v) is 9.22. The number of anilines is 1. The zero-order valence-corrected chi connectivity index (χ0v) is 26.7. The quantitative estimate of drug-likeness (QED) is 0.268. The van der Waals surface area contributed by atoms with Gasteiger partial charge in [-0.1, -0.05) is 39.6 Å². The molecule has 0 bridgehead atoms. The van der Waals surface area contributed by atoms with E-state index in [0.29, 0.717) is 18.6 Å². The number of benzene rings is 2. The lowest BCUT2D eigenvalue weighted by molar-refractivity contribution is 0.117. The number of ether oxygens (including phenoxy) is 2. The lowest BCUT2D eigenvalue weighted by Gasteiger charge is -2.20. The highest BCUT2D eigenvalue weighted by molar-refractivity contribution is 7.28. The third-order valence-electron chi connectivity index (χ3n) is 7.92. The van der Waals surface area contributed by atoms with Crippen molar-refractivity contribution in [3.63, 3.8) is 0 Å². The van der Waals surface area contributed by atoms with Crippen LogP contribution in [0.15, 0.2) is 66.0 Å². The number of fused-ring (bicyclic) bond motifs is 1. The number of likely N-dealkylation sites (tertiary alicyclic amines) is 1. The van der Waals surface area contributed by atoms with E-state index in [4.69, 9.17) is 15.2 Å². The first-order valence-electron chi connectivity index (χ1n) is 14.2. The van der Waals surface area contributed by atoms with Crippen LogP contribution in [0.1, 0.15) is 48.8 Å². The number of nitrogens with zero attached hydrogens (tertiary/aromatic N) is 1. The Bertz CT molecular complexity index is 1400. The Kier molecular flexibility index (Phi) is 10.3. The summed E-state index contributed by atoms with van der Waals surface area (Å²) < 4.78 is 37.8. The fourth-order valence-electron chi connectivity index (χ4n) is 5.99. The van der Waals surface area contributed by atoms with Crippen LogP contribution in [0.25, 0.3) is 11.1 Å². The Morgan fingerprint density at radius 2 is 1.93 bits per heavy atom. The molecule has 2 N–H and O–H groups in total. The Morgan fingerprint density at radius 1 is 1.10 bits per heavy atom. The van der Waals surface area contributed by atoms with Gasteiger partial charge in [-0.15, -0.1) is 18.5 Å². The van der Waals surface area contributed by atoms with E-state index in [2.05, 4.69) is 53.7 Å². The van der Waals surface area contributed by atoms with Crippen molar-refractivity contribution < 1.29 is 18.3 Å². The van der Waals surface area contributed by atoms with E-state index in [1.807, 2.05) is 33.5 Å². The summed E-state index contributed by atoms with van der Waals surface area (Å²) in [7, 11) is 7.68. The summed E-state index contributed by atoms with van der Waals surface area (Å²) in [5.41, 5.74) is 14.2. The highest BCUT2D eigenvalue weighted by Gasteiger charge is 2.26.